The van der Waals surface area contributed by atoms with Crippen LogP contribution in [0.5, 0.6) is 0 Å². The van der Waals surface area contributed by atoms with Gasteiger partial charge in [-0.15, -0.1) is 0 Å². The summed E-state index contributed by atoms with van der Waals surface area (Å²) in [5.74, 6) is 0.443. The van der Waals surface area contributed by atoms with Gasteiger partial charge in [-0.25, -0.2) is 15.0 Å². The van der Waals surface area contributed by atoms with Gasteiger partial charge < -0.3 is 4.40 Å². The van der Waals surface area contributed by atoms with Gasteiger partial charge in [0.25, 0.3) is 0 Å². The average molecular weight is 395 g/mol. The van der Waals surface area contributed by atoms with E-state index in [1.54, 1.807) is 0 Å². The Morgan fingerprint density at radius 1 is 0.933 bits per heavy atom. The van der Waals surface area contributed by atoms with E-state index in [9.17, 15) is 0 Å². The summed E-state index contributed by atoms with van der Waals surface area (Å²) >= 11 is 0. The lowest BCUT2D eigenvalue weighted by molar-refractivity contribution is 0.802. The van der Waals surface area contributed by atoms with E-state index >= 15 is 0 Å². The predicted molar refractivity (Wildman–Crippen MR) is 123 cm³/mol. The first kappa shape index (κ1) is 18.7. The van der Waals surface area contributed by atoms with Crippen molar-refractivity contribution in [1.29, 1.82) is 0 Å². The number of imidazole rings is 1. The van der Waals surface area contributed by atoms with Crippen LogP contribution in [-0.4, -0.2) is 19.4 Å². The molecule has 5 rings (SSSR count). The second-order valence-electron chi connectivity index (χ2n) is 8.08. The fraction of sp³-hybridized carbons (Fsp3) is 0.269. The molecule has 4 aromatic heterocycles. The summed E-state index contributed by atoms with van der Waals surface area (Å²) in [5, 5.41) is 1.09. The summed E-state index contributed by atoms with van der Waals surface area (Å²) in [6, 6.07) is 10.6. The minimum atomic E-state index is 0.443. The number of allylic oxidation sites excluding steroid dienone is 3. The Labute approximate surface area is 177 Å². The lowest BCUT2D eigenvalue weighted by Crippen LogP contribution is -2.00. The molecule has 4 heterocycles. The number of hydrogen-bond acceptors (Lipinski definition) is 3. The Balaban J connectivity index is 1.48. The molecule has 1 atom stereocenters. The monoisotopic (exact) mass is 394 g/mol. The van der Waals surface area contributed by atoms with E-state index < -0.39 is 0 Å². The highest BCUT2D eigenvalue weighted by Crippen LogP contribution is 2.31. The molecule has 0 saturated heterocycles. The second kappa shape index (κ2) is 7.52. The van der Waals surface area contributed by atoms with Crippen molar-refractivity contribution in [2.45, 2.75) is 46.0 Å². The summed E-state index contributed by atoms with van der Waals surface area (Å²) in [6.07, 6.45) is 13.8. The van der Waals surface area contributed by atoms with Crippen molar-refractivity contribution in [2.24, 2.45) is 0 Å². The van der Waals surface area contributed by atoms with Crippen LogP contribution in [0.25, 0.3) is 22.8 Å². The first-order chi connectivity index (χ1) is 14.6. The van der Waals surface area contributed by atoms with Crippen molar-refractivity contribution in [3.8, 4) is 0 Å². The topological polar surface area (TPSA) is 43.1 Å². The maximum atomic E-state index is 5.07. The molecule has 0 aromatic carbocycles. The molecule has 0 N–H and O–H groups in total. The molecule has 1 aliphatic rings. The number of aryl methyl sites for hydroxylation is 4. The largest absolute Gasteiger partial charge is 0.304 e. The van der Waals surface area contributed by atoms with Crippen LogP contribution in [0, 0.1) is 13.8 Å². The smallest absolute Gasteiger partial charge is 0.159 e. The Hall–Kier alpha value is -3.27. The predicted octanol–water partition coefficient (Wildman–Crippen LogP) is 5.76. The molecule has 30 heavy (non-hydrogen) atoms. The molecule has 0 fully saturated rings. The summed E-state index contributed by atoms with van der Waals surface area (Å²) in [7, 11) is 0. The second-order valence-corrected chi connectivity index (χ2v) is 8.08. The number of hydrogen-bond donors (Lipinski definition) is 0. The van der Waals surface area contributed by atoms with Crippen LogP contribution < -0.4 is 0 Å². The van der Waals surface area contributed by atoms with E-state index in [2.05, 4.69) is 78.0 Å². The minimum absolute atomic E-state index is 0.443. The van der Waals surface area contributed by atoms with Crippen LogP contribution >= 0.6 is 0 Å². The third-order valence-electron chi connectivity index (χ3n) is 6.13. The fourth-order valence-electron chi connectivity index (χ4n) is 4.37. The van der Waals surface area contributed by atoms with E-state index in [0.717, 1.165) is 53.0 Å². The molecule has 0 amide bonds. The van der Waals surface area contributed by atoms with Gasteiger partial charge in [0.1, 0.15) is 5.65 Å². The van der Waals surface area contributed by atoms with Gasteiger partial charge in [-0.1, -0.05) is 31.2 Å². The van der Waals surface area contributed by atoms with Crippen LogP contribution in [0.4, 0.5) is 0 Å². The van der Waals surface area contributed by atoms with Crippen molar-refractivity contribution in [1.82, 2.24) is 19.4 Å². The van der Waals surface area contributed by atoms with Gasteiger partial charge in [-0.3, -0.25) is 0 Å². The SMILES string of the molecule is CCC1C=CC=Cc2c1ccn1c(C)c(CCc3ccc4ccc(C)nc4n3)nc21. The summed E-state index contributed by atoms with van der Waals surface area (Å²) in [4.78, 5) is 14.4. The zero-order valence-electron chi connectivity index (χ0n) is 17.8. The number of fused-ring (bicyclic) bond motifs is 4. The van der Waals surface area contributed by atoms with Gasteiger partial charge in [0.15, 0.2) is 5.65 Å². The minimum Gasteiger partial charge on any atom is -0.304 e. The number of pyridine rings is 3. The lowest BCUT2D eigenvalue weighted by Gasteiger charge is -2.13. The van der Waals surface area contributed by atoms with Crippen LogP contribution in [0.2, 0.25) is 0 Å². The van der Waals surface area contributed by atoms with Gasteiger partial charge in [0.05, 0.1) is 5.69 Å². The highest BCUT2D eigenvalue weighted by atomic mass is 15.0. The van der Waals surface area contributed by atoms with Crippen LogP contribution in [0.15, 0.2) is 54.8 Å². The molecule has 0 radical (unpaired) electrons. The summed E-state index contributed by atoms with van der Waals surface area (Å²) in [5.41, 5.74) is 8.90. The number of aromatic nitrogens is 4. The standard InChI is InChI=1S/C26H26N4/c1-4-19-7-5-6-8-23-22(19)15-16-30-18(3)24(29-26(23)30)14-13-21-12-11-20-10-9-17(2)27-25(20)28-21/h5-12,15-16,19H,4,13-14H2,1-3H3. The molecule has 4 heteroatoms. The highest BCUT2D eigenvalue weighted by molar-refractivity contribution is 5.75. The van der Waals surface area contributed by atoms with Crippen molar-refractivity contribution in [3.05, 3.63) is 88.7 Å². The Bertz CT molecular complexity index is 1310. The molecule has 4 aromatic rings. The van der Waals surface area contributed by atoms with E-state index in [1.807, 2.05) is 13.0 Å². The first-order valence-corrected chi connectivity index (χ1v) is 10.7. The summed E-state index contributed by atoms with van der Waals surface area (Å²) < 4.78 is 2.23. The van der Waals surface area contributed by atoms with E-state index in [4.69, 9.17) is 9.97 Å². The van der Waals surface area contributed by atoms with Crippen molar-refractivity contribution >= 4 is 22.8 Å². The van der Waals surface area contributed by atoms with E-state index in [-0.39, 0.29) is 0 Å². The van der Waals surface area contributed by atoms with E-state index in [1.165, 1.54) is 16.8 Å². The Morgan fingerprint density at radius 3 is 2.67 bits per heavy atom. The van der Waals surface area contributed by atoms with Crippen molar-refractivity contribution in [3.63, 3.8) is 0 Å². The molecule has 150 valence electrons. The maximum Gasteiger partial charge on any atom is 0.159 e. The van der Waals surface area contributed by atoms with Crippen LogP contribution in [0.1, 0.15) is 53.2 Å². The molecule has 0 bridgehead atoms. The number of rotatable bonds is 4. The fourth-order valence-corrected chi connectivity index (χ4v) is 4.37. The third-order valence-corrected chi connectivity index (χ3v) is 6.13. The molecule has 0 saturated carbocycles. The van der Waals surface area contributed by atoms with Gasteiger partial charge >= 0.3 is 0 Å². The zero-order valence-corrected chi connectivity index (χ0v) is 17.8. The lowest BCUT2D eigenvalue weighted by atomic mass is 9.94. The quantitative estimate of drug-likeness (QED) is 0.442. The number of nitrogens with zero attached hydrogens (tertiary/aromatic N) is 4. The average Bonchev–Trinajstić information content (AvgIpc) is 2.94. The van der Waals surface area contributed by atoms with Crippen LogP contribution in [0.3, 0.4) is 0 Å². The van der Waals surface area contributed by atoms with Gasteiger partial charge in [-0.2, -0.15) is 0 Å². The Morgan fingerprint density at radius 2 is 1.80 bits per heavy atom. The van der Waals surface area contributed by atoms with E-state index in [0.29, 0.717) is 5.92 Å². The molecular formula is C26H26N4. The van der Waals surface area contributed by atoms with Crippen molar-refractivity contribution in [2.75, 3.05) is 0 Å². The van der Waals surface area contributed by atoms with Gasteiger partial charge in [0, 0.05) is 40.1 Å². The highest BCUT2D eigenvalue weighted by Gasteiger charge is 2.18. The van der Waals surface area contributed by atoms with Gasteiger partial charge in [-0.05, 0) is 69.0 Å². The third kappa shape index (κ3) is 3.22. The zero-order chi connectivity index (χ0) is 20.7. The molecule has 1 aliphatic carbocycles. The molecule has 0 spiro atoms. The van der Waals surface area contributed by atoms with Gasteiger partial charge in [0.2, 0.25) is 0 Å². The Kier molecular flexibility index (Phi) is 4.70. The molecule has 1 unspecified atom stereocenters. The van der Waals surface area contributed by atoms with Crippen LogP contribution in [-0.2, 0) is 12.8 Å². The van der Waals surface area contributed by atoms with Crippen molar-refractivity contribution < 1.29 is 0 Å². The molecule has 0 aliphatic heterocycles. The normalized spacial score (nSPS) is 15.6. The summed E-state index contributed by atoms with van der Waals surface area (Å²) in [6.45, 7) is 6.41. The maximum absolute atomic E-state index is 5.07. The molecule has 4 nitrogen and oxygen atoms in total. The first-order valence-electron chi connectivity index (χ1n) is 10.7. The molecular weight excluding hydrogens is 368 g/mol.